The topological polar surface area (TPSA) is 46.9 Å². The first kappa shape index (κ1) is 17.0. The SMILES string of the molecule is CCC(CNC(=O)/C=C/c1c(C)nn(C)c1C)c1ccccc1. The molecule has 0 fully saturated rings. The number of aromatic nitrogens is 2. The summed E-state index contributed by atoms with van der Waals surface area (Å²) in [6.45, 7) is 6.74. The van der Waals surface area contributed by atoms with Crippen molar-refractivity contribution in [2.45, 2.75) is 33.1 Å². The van der Waals surface area contributed by atoms with E-state index in [1.54, 1.807) is 6.08 Å². The van der Waals surface area contributed by atoms with E-state index in [2.05, 4.69) is 29.5 Å². The van der Waals surface area contributed by atoms with Gasteiger partial charge in [0.2, 0.25) is 5.91 Å². The maximum absolute atomic E-state index is 12.1. The minimum atomic E-state index is -0.0676. The summed E-state index contributed by atoms with van der Waals surface area (Å²) in [6, 6.07) is 10.3. The molecule has 2 aromatic rings. The summed E-state index contributed by atoms with van der Waals surface area (Å²) < 4.78 is 1.83. The molecule has 1 unspecified atom stereocenters. The highest BCUT2D eigenvalue weighted by Crippen LogP contribution is 2.18. The summed E-state index contributed by atoms with van der Waals surface area (Å²) in [5.41, 5.74) is 4.27. The molecule has 4 heteroatoms. The normalized spacial score (nSPS) is 12.5. The average molecular weight is 311 g/mol. The Morgan fingerprint density at radius 1 is 1.30 bits per heavy atom. The standard InChI is InChI=1S/C19H25N3O/c1-5-16(17-9-7-6-8-10-17)13-20-19(23)12-11-18-14(2)21-22(4)15(18)3/h6-12,16H,5,13H2,1-4H3,(H,20,23)/b12-11+. The number of amides is 1. The van der Waals surface area contributed by atoms with Crippen molar-refractivity contribution in [3.05, 3.63) is 58.9 Å². The summed E-state index contributed by atoms with van der Waals surface area (Å²) in [7, 11) is 1.91. The third-order valence-electron chi connectivity index (χ3n) is 4.25. The molecule has 0 saturated carbocycles. The van der Waals surface area contributed by atoms with Crippen molar-refractivity contribution in [2.24, 2.45) is 7.05 Å². The number of carbonyl (C=O) groups excluding carboxylic acids is 1. The second kappa shape index (κ2) is 7.77. The van der Waals surface area contributed by atoms with Crippen molar-refractivity contribution in [2.75, 3.05) is 6.54 Å². The molecule has 1 atom stereocenters. The number of aryl methyl sites for hydroxylation is 2. The first-order chi connectivity index (χ1) is 11.0. The van der Waals surface area contributed by atoms with Gasteiger partial charge in [0.15, 0.2) is 0 Å². The van der Waals surface area contributed by atoms with E-state index in [1.807, 2.05) is 49.9 Å². The Labute approximate surface area is 138 Å². The number of rotatable bonds is 6. The lowest BCUT2D eigenvalue weighted by atomic mass is 9.96. The second-order valence-electron chi connectivity index (χ2n) is 5.80. The van der Waals surface area contributed by atoms with E-state index in [9.17, 15) is 4.79 Å². The molecule has 1 heterocycles. The zero-order valence-corrected chi connectivity index (χ0v) is 14.3. The summed E-state index contributed by atoms with van der Waals surface area (Å²) >= 11 is 0. The zero-order chi connectivity index (χ0) is 16.8. The van der Waals surface area contributed by atoms with E-state index < -0.39 is 0 Å². The van der Waals surface area contributed by atoms with Crippen LogP contribution in [0.1, 0.15) is 41.8 Å². The van der Waals surface area contributed by atoms with Gasteiger partial charge in [0.1, 0.15) is 0 Å². The van der Waals surface area contributed by atoms with Crippen LogP contribution in [0.4, 0.5) is 0 Å². The van der Waals surface area contributed by atoms with Crippen LogP contribution in [0.15, 0.2) is 36.4 Å². The Morgan fingerprint density at radius 3 is 2.57 bits per heavy atom. The predicted octanol–water partition coefficient (Wildman–Crippen LogP) is 3.36. The molecule has 2 rings (SSSR count). The number of nitrogens with zero attached hydrogens (tertiary/aromatic N) is 2. The molecule has 122 valence electrons. The molecule has 0 aliphatic heterocycles. The summed E-state index contributed by atoms with van der Waals surface area (Å²) in [4.78, 5) is 12.1. The second-order valence-corrected chi connectivity index (χ2v) is 5.80. The molecule has 23 heavy (non-hydrogen) atoms. The highest BCUT2D eigenvalue weighted by molar-refractivity contribution is 5.92. The van der Waals surface area contributed by atoms with Crippen molar-refractivity contribution in [1.82, 2.24) is 15.1 Å². The van der Waals surface area contributed by atoms with Crippen molar-refractivity contribution >= 4 is 12.0 Å². The molecular formula is C19H25N3O. The van der Waals surface area contributed by atoms with Crippen molar-refractivity contribution < 1.29 is 4.79 Å². The summed E-state index contributed by atoms with van der Waals surface area (Å²) in [5, 5.41) is 7.34. The van der Waals surface area contributed by atoms with E-state index in [0.29, 0.717) is 12.5 Å². The summed E-state index contributed by atoms with van der Waals surface area (Å²) in [6.07, 6.45) is 4.43. The van der Waals surface area contributed by atoms with Gasteiger partial charge in [-0.15, -0.1) is 0 Å². The molecule has 0 bridgehead atoms. The molecule has 1 aromatic carbocycles. The van der Waals surface area contributed by atoms with Crippen LogP contribution in [0.2, 0.25) is 0 Å². The van der Waals surface area contributed by atoms with E-state index in [1.165, 1.54) is 5.56 Å². The van der Waals surface area contributed by atoms with Gasteiger partial charge in [0.05, 0.1) is 5.69 Å². The van der Waals surface area contributed by atoms with Gasteiger partial charge in [-0.2, -0.15) is 5.10 Å². The van der Waals surface area contributed by atoms with E-state index >= 15 is 0 Å². The van der Waals surface area contributed by atoms with Crippen LogP contribution in [0.25, 0.3) is 6.08 Å². The molecule has 0 aliphatic carbocycles. The minimum Gasteiger partial charge on any atom is -0.352 e. The van der Waals surface area contributed by atoms with Crippen molar-refractivity contribution in [1.29, 1.82) is 0 Å². The molecule has 0 spiro atoms. The predicted molar refractivity (Wildman–Crippen MR) is 94.2 cm³/mol. The van der Waals surface area contributed by atoms with Gasteiger partial charge in [0.25, 0.3) is 0 Å². The van der Waals surface area contributed by atoms with Crippen LogP contribution >= 0.6 is 0 Å². The largest absolute Gasteiger partial charge is 0.352 e. The molecule has 4 nitrogen and oxygen atoms in total. The van der Waals surface area contributed by atoms with Gasteiger partial charge in [-0.3, -0.25) is 9.48 Å². The first-order valence-corrected chi connectivity index (χ1v) is 8.04. The quantitative estimate of drug-likeness (QED) is 0.832. The van der Waals surface area contributed by atoms with Crippen LogP contribution in [-0.4, -0.2) is 22.2 Å². The maximum atomic E-state index is 12.1. The molecule has 1 aromatic heterocycles. The van der Waals surface area contributed by atoms with E-state index in [4.69, 9.17) is 0 Å². The average Bonchev–Trinajstić information content (AvgIpc) is 2.79. The minimum absolute atomic E-state index is 0.0676. The van der Waals surface area contributed by atoms with Crippen LogP contribution in [0.3, 0.4) is 0 Å². The number of nitrogens with one attached hydrogen (secondary N) is 1. The first-order valence-electron chi connectivity index (χ1n) is 8.04. The lowest BCUT2D eigenvalue weighted by Crippen LogP contribution is -2.26. The van der Waals surface area contributed by atoms with Gasteiger partial charge in [-0.25, -0.2) is 0 Å². The fourth-order valence-electron chi connectivity index (χ4n) is 2.70. The fraction of sp³-hybridized carbons (Fsp3) is 0.368. The van der Waals surface area contributed by atoms with Gasteiger partial charge in [-0.1, -0.05) is 37.3 Å². The maximum Gasteiger partial charge on any atom is 0.244 e. The van der Waals surface area contributed by atoms with Crippen LogP contribution in [-0.2, 0) is 11.8 Å². The van der Waals surface area contributed by atoms with Crippen LogP contribution in [0.5, 0.6) is 0 Å². The third-order valence-corrected chi connectivity index (χ3v) is 4.25. The number of hydrogen-bond acceptors (Lipinski definition) is 2. The Kier molecular flexibility index (Phi) is 5.74. The fourth-order valence-corrected chi connectivity index (χ4v) is 2.70. The molecule has 1 amide bonds. The van der Waals surface area contributed by atoms with Crippen LogP contribution < -0.4 is 5.32 Å². The zero-order valence-electron chi connectivity index (χ0n) is 14.3. The Bertz CT molecular complexity index is 686. The molecule has 0 aliphatic rings. The number of hydrogen-bond donors (Lipinski definition) is 1. The van der Waals surface area contributed by atoms with Crippen LogP contribution in [0, 0.1) is 13.8 Å². The van der Waals surface area contributed by atoms with Gasteiger partial charge >= 0.3 is 0 Å². The molecular weight excluding hydrogens is 286 g/mol. The number of carbonyl (C=O) groups is 1. The molecule has 0 saturated heterocycles. The lowest BCUT2D eigenvalue weighted by Gasteiger charge is -2.15. The monoisotopic (exact) mass is 311 g/mol. The van der Waals surface area contributed by atoms with Gasteiger partial charge in [0, 0.05) is 36.8 Å². The molecule has 0 radical (unpaired) electrons. The molecule has 1 N–H and O–H groups in total. The Hall–Kier alpha value is -2.36. The van der Waals surface area contributed by atoms with Crippen molar-refractivity contribution in [3.8, 4) is 0 Å². The van der Waals surface area contributed by atoms with E-state index in [-0.39, 0.29) is 5.91 Å². The smallest absolute Gasteiger partial charge is 0.244 e. The van der Waals surface area contributed by atoms with Gasteiger partial charge in [-0.05, 0) is 31.9 Å². The third kappa shape index (κ3) is 4.31. The lowest BCUT2D eigenvalue weighted by molar-refractivity contribution is -0.116. The highest BCUT2D eigenvalue weighted by atomic mass is 16.1. The highest BCUT2D eigenvalue weighted by Gasteiger charge is 2.10. The van der Waals surface area contributed by atoms with Gasteiger partial charge < -0.3 is 5.32 Å². The Balaban J connectivity index is 1.95. The number of benzene rings is 1. The van der Waals surface area contributed by atoms with Crippen molar-refractivity contribution in [3.63, 3.8) is 0 Å². The Morgan fingerprint density at radius 2 is 2.00 bits per heavy atom. The summed E-state index contributed by atoms with van der Waals surface area (Å²) in [5.74, 6) is 0.275. The van der Waals surface area contributed by atoms with E-state index in [0.717, 1.165) is 23.4 Å².